The molecule has 0 saturated heterocycles. The number of ether oxygens (including phenoxy) is 1. The minimum atomic E-state index is -1.15. The highest BCUT2D eigenvalue weighted by Crippen LogP contribution is 2.30. The van der Waals surface area contributed by atoms with Crippen molar-refractivity contribution in [3.63, 3.8) is 0 Å². The highest BCUT2D eigenvalue weighted by molar-refractivity contribution is 5.78. The number of hydrogen-bond donors (Lipinski definition) is 2. The molecule has 0 aliphatic carbocycles. The number of likely N-dealkylation sites (N-methyl/N-ethyl adjacent to an activating group) is 1. The standard InChI is InChI=1S/C12H15NO5/c1-3-18-10-6-8(4-5-9(10)15)11(12(16)17)13(2)7-14/h4-7,11,15H,3H2,1-2H3,(H,16,17). The number of rotatable bonds is 6. The molecule has 1 aromatic carbocycles. The fraction of sp³-hybridized carbons (Fsp3) is 0.333. The molecule has 1 aromatic rings. The summed E-state index contributed by atoms with van der Waals surface area (Å²) in [4.78, 5) is 22.9. The van der Waals surface area contributed by atoms with E-state index in [-0.39, 0.29) is 11.5 Å². The van der Waals surface area contributed by atoms with Crippen LogP contribution in [0.1, 0.15) is 18.5 Å². The SMILES string of the molecule is CCOc1cc(C(C(=O)O)N(C)C=O)ccc1O. The number of aliphatic carboxylic acids is 1. The molecule has 0 heterocycles. The number of nitrogens with zero attached hydrogens (tertiary/aromatic N) is 1. The molecule has 98 valence electrons. The van der Waals surface area contributed by atoms with E-state index in [0.717, 1.165) is 4.90 Å². The van der Waals surface area contributed by atoms with E-state index >= 15 is 0 Å². The molecule has 0 aliphatic rings. The van der Waals surface area contributed by atoms with Gasteiger partial charge in [-0.25, -0.2) is 4.79 Å². The van der Waals surface area contributed by atoms with Gasteiger partial charge in [0, 0.05) is 7.05 Å². The topological polar surface area (TPSA) is 87.1 Å². The van der Waals surface area contributed by atoms with E-state index in [1.165, 1.54) is 25.2 Å². The summed E-state index contributed by atoms with van der Waals surface area (Å²) in [5.74, 6) is -1.03. The number of hydrogen-bond acceptors (Lipinski definition) is 4. The van der Waals surface area contributed by atoms with Crippen LogP contribution in [0, 0.1) is 0 Å². The smallest absolute Gasteiger partial charge is 0.331 e. The summed E-state index contributed by atoms with van der Waals surface area (Å²) in [5.41, 5.74) is 0.360. The molecule has 18 heavy (non-hydrogen) atoms. The van der Waals surface area contributed by atoms with Gasteiger partial charge in [0.15, 0.2) is 17.5 Å². The van der Waals surface area contributed by atoms with Crippen LogP contribution >= 0.6 is 0 Å². The summed E-state index contributed by atoms with van der Waals surface area (Å²) >= 11 is 0. The maximum absolute atomic E-state index is 11.2. The second-order valence-electron chi connectivity index (χ2n) is 3.67. The van der Waals surface area contributed by atoms with Crippen LogP contribution in [0.15, 0.2) is 18.2 Å². The first kappa shape index (κ1) is 13.8. The number of phenolic OH excluding ortho intramolecular Hbond substituents is 1. The van der Waals surface area contributed by atoms with Gasteiger partial charge in [0.1, 0.15) is 0 Å². The van der Waals surface area contributed by atoms with Crippen LogP contribution in [0.25, 0.3) is 0 Å². The fourth-order valence-electron chi connectivity index (χ4n) is 1.58. The van der Waals surface area contributed by atoms with Crippen LogP contribution in [-0.2, 0) is 9.59 Å². The largest absolute Gasteiger partial charge is 0.504 e. The predicted molar refractivity (Wildman–Crippen MR) is 63.5 cm³/mol. The van der Waals surface area contributed by atoms with Gasteiger partial charge in [-0.3, -0.25) is 4.79 Å². The third-order valence-corrected chi connectivity index (χ3v) is 2.41. The van der Waals surface area contributed by atoms with Gasteiger partial charge in [-0.1, -0.05) is 6.07 Å². The van der Waals surface area contributed by atoms with Crippen LogP contribution in [0.4, 0.5) is 0 Å². The lowest BCUT2D eigenvalue weighted by Gasteiger charge is -2.21. The first-order chi connectivity index (χ1) is 8.51. The van der Waals surface area contributed by atoms with E-state index < -0.39 is 12.0 Å². The number of carbonyl (C=O) groups excluding carboxylic acids is 1. The van der Waals surface area contributed by atoms with Gasteiger partial charge in [0.25, 0.3) is 0 Å². The zero-order valence-electron chi connectivity index (χ0n) is 10.2. The van der Waals surface area contributed by atoms with Crippen molar-refractivity contribution in [1.29, 1.82) is 0 Å². The summed E-state index contributed by atoms with van der Waals surface area (Å²) in [7, 11) is 1.37. The number of carboxylic acids is 1. The first-order valence-corrected chi connectivity index (χ1v) is 5.37. The molecule has 1 rings (SSSR count). The number of phenols is 1. The van der Waals surface area contributed by atoms with Crippen LogP contribution < -0.4 is 4.74 Å². The van der Waals surface area contributed by atoms with E-state index in [0.29, 0.717) is 18.6 Å². The molecule has 0 spiro atoms. The Kier molecular flexibility index (Phi) is 4.53. The Balaban J connectivity index is 3.16. The molecule has 6 heteroatoms. The van der Waals surface area contributed by atoms with Crippen LogP contribution in [-0.4, -0.2) is 41.1 Å². The lowest BCUT2D eigenvalue weighted by Crippen LogP contribution is -2.29. The number of amides is 1. The zero-order chi connectivity index (χ0) is 13.7. The van der Waals surface area contributed by atoms with E-state index in [9.17, 15) is 14.7 Å². The molecule has 2 N–H and O–H groups in total. The Bertz CT molecular complexity index is 446. The van der Waals surface area contributed by atoms with Gasteiger partial charge in [-0.05, 0) is 24.6 Å². The maximum atomic E-state index is 11.2. The van der Waals surface area contributed by atoms with E-state index in [1.807, 2.05) is 0 Å². The molecular weight excluding hydrogens is 238 g/mol. The van der Waals surface area contributed by atoms with Gasteiger partial charge >= 0.3 is 5.97 Å². The molecule has 0 aliphatic heterocycles. The zero-order valence-corrected chi connectivity index (χ0v) is 10.2. The third-order valence-electron chi connectivity index (χ3n) is 2.41. The van der Waals surface area contributed by atoms with Crippen molar-refractivity contribution in [3.8, 4) is 11.5 Å². The average molecular weight is 253 g/mol. The van der Waals surface area contributed by atoms with Crippen molar-refractivity contribution in [3.05, 3.63) is 23.8 Å². The molecular formula is C12H15NO5. The van der Waals surface area contributed by atoms with Crippen molar-refractivity contribution in [2.45, 2.75) is 13.0 Å². The molecule has 1 atom stereocenters. The number of carboxylic acid groups (broad SMARTS) is 1. The van der Waals surface area contributed by atoms with Crippen molar-refractivity contribution in [2.24, 2.45) is 0 Å². The molecule has 0 aromatic heterocycles. The lowest BCUT2D eigenvalue weighted by molar-refractivity contribution is -0.145. The normalized spacial score (nSPS) is 11.7. The molecule has 1 amide bonds. The Hall–Kier alpha value is -2.24. The summed E-state index contributed by atoms with van der Waals surface area (Å²) in [6, 6.07) is 3.09. The van der Waals surface area contributed by atoms with Crippen molar-refractivity contribution >= 4 is 12.4 Å². The molecule has 0 fully saturated rings. The Labute approximate surface area is 104 Å². The molecule has 6 nitrogen and oxygen atoms in total. The highest BCUT2D eigenvalue weighted by atomic mass is 16.5. The second kappa shape index (κ2) is 5.90. The van der Waals surface area contributed by atoms with Crippen LogP contribution in [0.3, 0.4) is 0 Å². The van der Waals surface area contributed by atoms with Gasteiger partial charge < -0.3 is 19.8 Å². The highest BCUT2D eigenvalue weighted by Gasteiger charge is 2.24. The van der Waals surface area contributed by atoms with Gasteiger partial charge in [0.05, 0.1) is 6.61 Å². The Morgan fingerprint density at radius 3 is 2.72 bits per heavy atom. The van der Waals surface area contributed by atoms with Crippen molar-refractivity contribution in [1.82, 2.24) is 4.90 Å². The molecule has 0 saturated carbocycles. The predicted octanol–water partition coefficient (Wildman–Crippen LogP) is 1.00. The number of carbonyl (C=O) groups is 2. The maximum Gasteiger partial charge on any atom is 0.331 e. The Morgan fingerprint density at radius 1 is 1.56 bits per heavy atom. The minimum Gasteiger partial charge on any atom is -0.504 e. The van der Waals surface area contributed by atoms with E-state index in [2.05, 4.69) is 0 Å². The summed E-state index contributed by atoms with van der Waals surface area (Å²) < 4.78 is 5.17. The number of benzene rings is 1. The molecule has 0 bridgehead atoms. The quantitative estimate of drug-likeness (QED) is 0.739. The Morgan fingerprint density at radius 2 is 2.22 bits per heavy atom. The third kappa shape index (κ3) is 2.91. The lowest BCUT2D eigenvalue weighted by atomic mass is 10.1. The van der Waals surface area contributed by atoms with Crippen molar-refractivity contribution in [2.75, 3.05) is 13.7 Å². The summed E-state index contributed by atoms with van der Waals surface area (Å²) in [5, 5.41) is 18.6. The van der Waals surface area contributed by atoms with E-state index in [4.69, 9.17) is 9.84 Å². The van der Waals surface area contributed by atoms with Crippen LogP contribution in [0.5, 0.6) is 11.5 Å². The van der Waals surface area contributed by atoms with Gasteiger partial charge in [-0.15, -0.1) is 0 Å². The monoisotopic (exact) mass is 253 g/mol. The molecule has 1 unspecified atom stereocenters. The van der Waals surface area contributed by atoms with Crippen LogP contribution in [0.2, 0.25) is 0 Å². The van der Waals surface area contributed by atoms with Crippen molar-refractivity contribution < 1.29 is 24.5 Å². The minimum absolute atomic E-state index is 0.0708. The summed E-state index contributed by atoms with van der Waals surface area (Å²) in [6.45, 7) is 2.09. The molecule has 0 radical (unpaired) electrons. The second-order valence-corrected chi connectivity index (χ2v) is 3.67. The number of aromatic hydroxyl groups is 1. The first-order valence-electron chi connectivity index (χ1n) is 5.37. The summed E-state index contributed by atoms with van der Waals surface area (Å²) in [6.07, 6.45) is 0.437. The van der Waals surface area contributed by atoms with Gasteiger partial charge in [0.2, 0.25) is 6.41 Å². The average Bonchev–Trinajstić information content (AvgIpc) is 2.33. The fourth-order valence-corrected chi connectivity index (χ4v) is 1.58. The van der Waals surface area contributed by atoms with E-state index in [1.54, 1.807) is 6.92 Å². The van der Waals surface area contributed by atoms with Gasteiger partial charge in [-0.2, -0.15) is 0 Å².